The van der Waals surface area contributed by atoms with Crippen molar-refractivity contribution in [1.82, 2.24) is 14.1 Å². The van der Waals surface area contributed by atoms with Crippen molar-refractivity contribution in [3.8, 4) is 0 Å². The third kappa shape index (κ3) is 4.11. The van der Waals surface area contributed by atoms with E-state index in [2.05, 4.69) is 11.8 Å². The first-order chi connectivity index (χ1) is 13.4. The van der Waals surface area contributed by atoms with Gasteiger partial charge in [0.25, 0.3) is 0 Å². The number of piperazine rings is 1. The molecule has 1 aromatic rings. The van der Waals surface area contributed by atoms with Crippen LogP contribution in [0.25, 0.3) is 0 Å². The Balaban J connectivity index is 1.34. The minimum absolute atomic E-state index is 0.182. The van der Waals surface area contributed by atoms with Crippen molar-refractivity contribution in [1.29, 1.82) is 0 Å². The summed E-state index contributed by atoms with van der Waals surface area (Å²) in [6.07, 6.45) is 5.42. The second kappa shape index (κ2) is 8.13. The molecule has 0 saturated carbocycles. The molecule has 2 heterocycles. The molecule has 7 heteroatoms. The fourth-order valence-corrected chi connectivity index (χ4v) is 6.17. The Morgan fingerprint density at radius 3 is 2.54 bits per heavy atom. The van der Waals surface area contributed by atoms with E-state index in [1.165, 1.54) is 17.5 Å². The molecule has 1 aromatic carbocycles. The number of carbonyl (C=O) groups is 1. The lowest BCUT2D eigenvalue weighted by atomic mass is 10.0. The average Bonchev–Trinajstić information content (AvgIpc) is 3.16. The number of benzene rings is 1. The first-order valence-corrected chi connectivity index (χ1v) is 12.0. The van der Waals surface area contributed by atoms with E-state index < -0.39 is 10.0 Å². The molecule has 28 heavy (non-hydrogen) atoms. The summed E-state index contributed by atoms with van der Waals surface area (Å²) in [6.45, 7) is 6.42. The van der Waals surface area contributed by atoms with E-state index in [4.69, 9.17) is 0 Å². The summed E-state index contributed by atoms with van der Waals surface area (Å²) in [5, 5.41) is 0. The van der Waals surface area contributed by atoms with Crippen molar-refractivity contribution in [3.63, 3.8) is 0 Å². The number of rotatable bonds is 4. The third-order valence-electron chi connectivity index (χ3n) is 6.41. The molecule has 0 aromatic heterocycles. The van der Waals surface area contributed by atoms with Crippen LogP contribution in [0.4, 0.5) is 0 Å². The monoisotopic (exact) mass is 405 g/mol. The molecule has 1 unspecified atom stereocenters. The largest absolute Gasteiger partial charge is 0.341 e. The maximum absolute atomic E-state index is 13.0. The Kier molecular flexibility index (Phi) is 5.76. The van der Waals surface area contributed by atoms with Gasteiger partial charge in [0.2, 0.25) is 15.9 Å². The average molecular weight is 406 g/mol. The van der Waals surface area contributed by atoms with Gasteiger partial charge in [-0.2, -0.15) is 4.31 Å². The summed E-state index contributed by atoms with van der Waals surface area (Å²) in [5.41, 5.74) is 2.47. The van der Waals surface area contributed by atoms with Crippen LogP contribution >= 0.6 is 0 Å². The molecule has 0 radical (unpaired) electrons. The van der Waals surface area contributed by atoms with Gasteiger partial charge in [0, 0.05) is 39.3 Å². The lowest BCUT2D eigenvalue weighted by Gasteiger charge is -2.36. The summed E-state index contributed by atoms with van der Waals surface area (Å²) in [4.78, 5) is 17.1. The van der Waals surface area contributed by atoms with Gasteiger partial charge in [-0.15, -0.1) is 0 Å². The normalized spacial score (nSPS) is 24.3. The highest BCUT2D eigenvalue weighted by Crippen LogP contribution is 2.26. The van der Waals surface area contributed by atoms with Gasteiger partial charge in [0.1, 0.15) is 0 Å². The Labute approximate surface area is 168 Å². The van der Waals surface area contributed by atoms with Gasteiger partial charge < -0.3 is 4.90 Å². The van der Waals surface area contributed by atoms with Crippen molar-refractivity contribution in [2.75, 3.05) is 45.8 Å². The number of carbonyl (C=O) groups excluding carboxylic acids is 1. The van der Waals surface area contributed by atoms with Gasteiger partial charge in [0.05, 0.1) is 11.4 Å². The topological polar surface area (TPSA) is 60.9 Å². The zero-order valence-corrected chi connectivity index (χ0v) is 17.6. The van der Waals surface area contributed by atoms with Gasteiger partial charge in [0.15, 0.2) is 0 Å². The molecule has 2 fully saturated rings. The van der Waals surface area contributed by atoms with E-state index in [1.807, 2.05) is 17.0 Å². The predicted molar refractivity (Wildman–Crippen MR) is 109 cm³/mol. The summed E-state index contributed by atoms with van der Waals surface area (Å²) < 4.78 is 27.6. The molecule has 1 atom stereocenters. The highest BCUT2D eigenvalue weighted by molar-refractivity contribution is 7.89. The molecule has 1 aliphatic carbocycles. The number of hydrogen-bond donors (Lipinski definition) is 0. The van der Waals surface area contributed by atoms with Crippen molar-refractivity contribution >= 4 is 15.9 Å². The molecule has 1 amide bonds. The lowest BCUT2D eigenvalue weighted by molar-refractivity contribution is -0.134. The molecule has 154 valence electrons. The Morgan fingerprint density at radius 1 is 1.04 bits per heavy atom. The smallest absolute Gasteiger partial charge is 0.243 e. The van der Waals surface area contributed by atoms with Crippen LogP contribution in [0.15, 0.2) is 23.1 Å². The highest BCUT2D eigenvalue weighted by atomic mass is 32.2. The minimum Gasteiger partial charge on any atom is -0.341 e. The summed E-state index contributed by atoms with van der Waals surface area (Å²) in [6, 6.07) is 5.60. The van der Waals surface area contributed by atoms with Crippen LogP contribution < -0.4 is 0 Å². The van der Waals surface area contributed by atoms with Gasteiger partial charge in [-0.1, -0.05) is 13.0 Å². The fourth-order valence-electron chi connectivity index (χ4n) is 4.69. The summed E-state index contributed by atoms with van der Waals surface area (Å²) >= 11 is 0. The fraction of sp³-hybridized carbons (Fsp3) is 0.667. The Morgan fingerprint density at radius 2 is 1.79 bits per heavy atom. The Hall–Kier alpha value is -1.44. The van der Waals surface area contributed by atoms with E-state index in [1.54, 1.807) is 10.4 Å². The van der Waals surface area contributed by atoms with E-state index in [0.717, 1.165) is 38.8 Å². The van der Waals surface area contributed by atoms with Crippen LogP contribution in [0.2, 0.25) is 0 Å². The maximum atomic E-state index is 13.0. The van der Waals surface area contributed by atoms with Crippen LogP contribution in [-0.4, -0.2) is 74.2 Å². The van der Waals surface area contributed by atoms with Crippen molar-refractivity contribution in [3.05, 3.63) is 29.3 Å². The second-order valence-electron chi connectivity index (χ2n) is 8.55. The van der Waals surface area contributed by atoms with Gasteiger partial charge in [-0.3, -0.25) is 9.69 Å². The maximum Gasteiger partial charge on any atom is 0.243 e. The van der Waals surface area contributed by atoms with Crippen LogP contribution in [0, 0.1) is 5.92 Å². The van der Waals surface area contributed by atoms with Crippen LogP contribution in [0.5, 0.6) is 0 Å². The molecule has 4 rings (SSSR count). The van der Waals surface area contributed by atoms with E-state index in [0.29, 0.717) is 43.5 Å². The third-order valence-corrected chi connectivity index (χ3v) is 8.30. The molecule has 0 bridgehead atoms. The summed E-state index contributed by atoms with van der Waals surface area (Å²) in [5.74, 6) is 0.758. The second-order valence-corrected chi connectivity index (χ2v) is 10.5. The number of fused-ring (bicyclic) bond motifs is 1. The number of hydrogen-bond acceptors (Lipinski definition) is 4. The van der Waals surface area contributed by atoms with Crippen molar-refractivity contribution < 1.29 is 13.2 Å². The summed E-state index contributed by atoms with van der Waals surface area (Å²) in [7, 11) is -3.45. The number of amides is 1. The SMILES string of the molecule is CC1CCCN(C(=O)CN2CCN(S(=O)(=O)c3ccc4c(c3)CCC4)CC2)C1. The predicted octanol–water partition coefficient (Wildman–Crippen LogP) is 1.74. The van der Waals surface area contributed by atoms with E-state index >= 15 is 0 Å². The molecule has 3 aliphatic rings. The highest BCUT2D eigenvalue weighted by Gasteiger charge is 2.31. The molecule has 0 N–H and O–H groups in total. The number of sulfonamides is 1. The van der Waals surface area contributed by atoms with Crippen LogP contribution in [0.3, 0.4) is 0 Å². The van der Waals surface area contributed by atoms with Crippen molar-refractivity contribution in [2.45, 2.75) is 43.9 Å². The van der Waals surface area contributed by atoms with E-state index in [-0.39, 0.29) is 5.91 Å². The standard InChI is InChI=1S/C21H31N3O3S/c1-17-4-3-9-23(15-17)21(25)16-22-10-12-24(13-11-22)28(26,27)20-8-7-18-5-2-6-19(18)14-20/h7-8,14,17H,2-6,9-13,15-16H2,1H3. The zero-order valence-electron chi connectivity index (χ0n) is 16.8. The van der Waals surface area contributed by atoms with Gasteiger partial charge in [-0.25, -0.2) is 8.42 Å². The molecule has 2 saturated heterocycles. The zero-order chi connectivity index (χ0) is 19.7. The first-order valence-electron chi connectivity index (χ1n) is 10.6. The van der Waals surface area contributed by atoms with Crippen LogP contribution in [-0.2, 0) is 27.7 Å². The molecular formula is C21H31N3O3S. The molecule has 2 aliphatic heterocycles. The number of piperidine rings is 1. The number of likely N-dealkylation sites (tertiary alicyclic amines) is 1. The molecular weight excluding hydrogens is 374 g/mol. The van der Waals surface area contributed by atoms with Gasteiger partial charge in [-0.05, 0) is 61.3 Å². The minimum atomic E-state index is -3.45. The quantitative estimate of drug-likeness (QED) is 0.766. The Bertz CT molecular complexity index is 831. The molecule has 0 spiro atoms. The van der Waals surface area contributed by atoms with Crippen LogP contribution in [0.1, 0.15) is 37.3 Å². The lowest BCUT2D eigenvalue weighted by Crippen LogP contribution is -2.52. The number of nitrogens with zero attached hydrogens (tertiary/aromatic N) is 3. The number of aryl methyl sites for hydroxylation is 2. The molecule has 6 nitrogen and oxygen atoms in total. The van der Waals surface area contributed by atoms with Gasteiger partial charge >= 0.3 is 0 Å². The van der Waals surface area contributed by atoms with E-state index in [9.17, 15) is 13.2 Å². The first kappa shape index (κ1) is 19.9. The van der Waals surface area contributed by atoms with Crippen molar-refractivity contribution in [2.24, 2.45) is 5.92 Å².